The summed E-state index contributed by atoms with van der Waals surface area (Å²) < 4.78 is 5.79. The molecular weight excluding hydrogens is 461 g/mol. The second kappa shape index (κ2) is 12.6. The highest BCUT2D eigenvalue weighted by molar-refractivity contribution is 6.42. The second-order valence-corrected chi connectivity index (χ2v) is 7.98. The van der Waals surface area contributed by atoms with E-state index in [1.165, 1.54) is 0 Å². The first-order valence-corrected chi connectivity index (χ1v) is 11.1. The first kappa shape index (κ1) is 24.3. The van der Waals surface area contributed by atoms with Gasteiger partial charge in [0.2, 0.25) is 11.8 Å². The van der Waals surface area contributed by atoms with Gasteiger partial charge in [-0.1, -0.05) is 65.7 Å². The zero-order valence-electron chi connectivity index (χ0n) is 17.8. The third kappa shape index (κ3) is 8.60. The predicted octanol–water partition coefficient (Wildman–Crippen LogP) is 5.83. The molecule has 3 rings (SSSR count). The molecule has 0 aromatic heterocycles. The smallest absolute Gasteiger partial charge is 0.240 e. The number of hydrazone groups is 1. The Morgan fingerprint density at radius 2 is 1.67 bits per heavy atom. The van der Waals surface area contributed by atoms with Gasteiger partial charge in [0.1, 0.15) is 12.4 Å². The van der Waals surface area contributed by atoms with Crippen molar-refractivity contribution in [3.05, 3.63) is 94.0 Å². The largest absolute Gasteiger partial charge is 0.489 e. The van der Waals surface area contributed by atoms with Crippen molar-refractivity contribution in [3.63, 3.8) is 0 Å². The Labute approximate surface area is 202 Å². The normalized spacial score (nSPS) is 10.7. The Bertz CT molecular complexity index is 1120. The van der Waals surface area contributed by atoms with Crippen molar-refractivity contribution in [2.75, 3.05) is 5.32 Å². The first-order chi connectivity index (χ1) is 16.0. The third-order valence-electron chi connectivity index (χ3n) is 4.52. The van der Waals surface area contributed by atoms with Gasteiger partial charge in [-0.2, -0.15) is 5.10 Å². The van der Waals surface area contributed by atoms with Crippen LogP contribution in [0.4, 0.5) is 5.69 Å². The lowest BCUT2D eigenvalue weighted by atomic mass is 10.2. The van der Waals surface area contributed by atoms with Gasteiger partial charge in [0, 0.05) is 18.5 Å². The maximum Gasteiger partial charge on any atom is 0.240 e. The zero-order chi connectivity index (χ0) is 23.5. The van der Waals surface area contributed by atoms with Gasteiger partial charge in [0.25, 0.3) is 0 Å². The van der Waals surface area contributed by atoms with Gasteiger partial charge in [-0.05, 0) is 47.9 Å². The van der Waals surface area contributed by atoms with Crippen molar-refractivity contribution in [2.24, 2.45) is 5.10 Å². The zero-order valence-corrected chi connectivity index (χ0v) is 19.3. The van der Waals surface area contributed by atoms with Gasteiger partial charge in [-0.15, -0.1) is 0 Å². The quantitative estimate of drug-likeness (QED) is 0.281. The molecule has 8 heteroatoms. The maximum absolute atomic E-state index is 12.0. The average molecular weight is 484 g/mol. The van der Waals surface area contributed by atoms with Crippen molar-refractivity contribution < 1.29 is 14.3 Å². The van der Waals surface area contributed by atoms with E-state index in [0.29, 0.717) is 34.5 Å². The lowest BCUT2D eigenvalue weighted by Crippen LogP contribution is -2.18. The van der Waals surface area contributed by atoms with Gasteiger partial charge >= 0.3 is 0 Å². The van der Waals surface area contributed by atoms with Crippen LogP contribution in [0, 0.1) is 0 Å². The van der Waals surface area contributed by atoms with Crippen molar-refractivity contribution in [1.82, 2.24) is 5.43 Å². The first-order valence-electron chi connectivity index (χ1n) is 10.3. The molecule has 0 aliphatic rings. The molecule has 0 aliphatic heterocycles. The molecule has 33 heavy (non-hydrogen) atoms. The van der Waals surface area contributed by atoms with E-state index in [9.17, 15) is 9.59 Å². The standard InChI is InChI=1S/C25H23Cl2N3O3/c26-22-13-12-20(15-23(22)27)29-24(31)10-5-11-25(32)30-28-16-19-8-4-9-21(14-19)33-17-18-6-2-1-3-7-18/h1-4,6-9,12-16H,5,10-11,17H2,(H,29,31)(H,30,32)/b28-16-. The third-order valence-corrected chi connectivity index (χ3v) is 5.26. The summed E-state index contributed by atoms with van der Waals surface area (Å²) in [6.45, 7) is 0.469. The van der Waals surface area contributed by atoms with Crippen LogP contribution in [0.15, 0.2) is 77.9 Å². The lowest BCUT2D eigenvalue weighted by Gasteiger charge is -2.07. The molecule has 0 heterocycles. The van der Waals surface area contributed by atoms with E-state index in [1.54, 1.807) is 24.4 Å². The summed E-state index contributed by atoms with van der Waals surface area (Å²) in [5.41, 5.74) is 4.90. The highest BCUT2D eigenvalue weighted by atomic mass is 35.5. The maximum atomic E-state index is 12.0. The number of benzene rings is 3. The fraction of sp³-hybridized carbons (Fsp3) is 0.160. The summed E-state index contributed by atoms with van der Waals surface area (Å²) in [5.74, 6) is 0.226. The monoisotopic (exact) mass is 483 g/mol. The number of hydrogen-bond acceptors (Lipinski definition) is 4. The number of halogens is 2. The van der Waals surface area contributed by atoms with Gasteiger partial charge in [-0.25, -0.2) is 5.43 Å². The summed E-state index contributed by atoms with van der Waals surface area (Å²) in [6, 6.07) is 22.1. The van der Waals surface area contributed by atoms with Crippen LogP contribution in [0.5, 0.6) is 5.75 Å². The number of carbonyl (C=O) groups is 2. The lowest BCUT2D eigenvalue weighted by molar-refractivity contribution is -0.121. The van der Waals surface area contributed by atoms with Crippen LogP contribution in [0.3, 0.4) is 0 Å². The minimum absolute atomic E-state index is 0.173. The van der Waals surface area contributed by atoms with E-state index < -0.39 is 0 Å². The van der Waals surface area contributed by atoms with Gasteiger partial charge < -0.3 is 10.1 Å². The van der Waals surface area contributed by atoms with Gasteiger partial charge in [-0.3, -0.25) is 9.59 Å². The van der Waals surface area contributed by atoms with Crippen molar-refractivity contribution in [2.45, 2.75) is 25.9 Å². The molecule has 0 fully saturated rings. The molecule has 170 valence electrons. The molecule has 0 radical (unpaired) electrons. The van der Waals surface area contributed by atoms with Crippen LogP contribution in [-0.2, 0) is 16.2 Å². The number of amides is 2. The van der Waals surface area contributed by atoms with Crippen LogP contribution in [0.2, 0.25) is 10.0 Å². The molecule has 2 N–H and O–H groups in total. The Morgan fingerprint density at radius 1 is 0.879 bits per heavy atom. The highest BCUT2D eigenvalue weighted by Gasteiger charge is 2.07. The Balaban J connectivity index is 1.37. The van der Waals surface area contributed by atoms with E-state index in [2.05, 4.69) is 15.8 Å². The molecule has 0 atom stereocenters. The molecule has 6 nitrogen and oxygen atoms in total. The van der Waals surface area contributed by atoms with Crippen LogP contribution in [0.1, 0.15) is 30.4 Å². The van der Waals surface area contributed by atoms with Crippen molar-refractivity contribution in [3.8, 4) is 5.75 Å². The molecule has 0 saturated heterocycles. The Kier molecular flexibility index (Phi) is 9.30. The number of hydrogen-bond donors (Lipinski definition) is 2. The summed E-state index contributed by atoms with van der Waals surface area (Å²) in [7, 11) is 0. The fourth-order valence-corrected chi connectivity index (χ4v) is 3.17. The van der Waals surface area contributed by atoms with Crippen LogP contribution >= 0.6 is 23.2 Å². The van der Waals surface area contributed by atoms with E-state index >= 15 is 0 Å². The van der Waals surface area contributed by atoms with Crippen LogP contribution < -0.4 is 15.5 Å². The van der Waals surface area contributed by atoms with Crippen molar-refractivity contribution in [1.29, 1.82) is 0 Å². The number of nitrogens with one attached hydrogen (secondary N) is 2. The molecular formula is C25H23Cl2N3O3. The summed E-state index contributed by atoms with van der Waals surface area (Å²) in [5, 5.41) is 7.47. The van der Waals surface area contributed by atoms with Gasteiger partial charge in [0.05, 0.1) is 16.3 Å². The summed E-state index contributed by atoms with van der Waals surface area (Å²) >= 11 is 11.8. The van der Waals surface area contributed by atoms with E-state index in [1.807, 2.05) is 54.6 Å². The molecule has 0 unspecified atom stereocenters. The Morgan fingerprint density at radius 3 is 2.45 bits per heavy atom. The number of nitrogens with zero attached hydrogens (tertiary/aromatic N) is 1. The van der Waals surface area contributed by atoms with E-state index in [4.69, 9.17) is 27.9 Å². The molecule has 3 aromatic carbocycles. The predicted molar refractivity (Wildman–Crippen MR) is 132 cm³/mol. The van der Waals surface area contributed by atoms with Crippen LogP contribution in [0.25, 0.3) is 0 Å². The fourth-order valence-electron chi connectivity index (χ4n) is 2.87. The summed E-state index contributed by atoms with van der Waals surface area (Å²) in [6.07, 6.45) is 2.30. The average Bonchev–Trinajstić information content (AvgIpc) is 2.81. The number of ether oxygens (including phenoxy) is 1. The number of anilines is 1. The minimum Gasteiger partial charge on any atom is -0.489 e. The molecule has 0 saturated carbocycles. The minimum atomic E-state index is -0.273. The summed E-state index contributed by atoms with van der Waals surface area (Å²) in [4.78, 5) is 24.0. The second-order valence-electron chi connectivity index (χ2n) is 7.17. The van der Waals surface area contributed by atoms with Gasteiger partial charge in [0.15, 0.2) is 0 Å². The SMILES string of the molecule is O=C(CCCC(=O)Nc1ccc(Cl)c(Cl)c1)N/N=C\c1cccc(OCc2ccccc2)c1. The molecule has 0 bridgehead atoms. The number of rotatable bonds is 10. The van der Waals surface area contributed by atoms with E-state index in [0.717, 1.165) is 11.1 Å². The molecule has 0 aliphatic carbocycles. The molecule has 0 spiro atoms. The molecule has 2 amide bonds. The topological polar surface area (TPSA) is 79.8 Å². The highest BCUT2D eigenvalue weighted by Crippen LogP contribution is 2.25. The van der Waals surface area contributed by atoms with Crippen LogP contribution in [-0.4, -0.2) is 18.0 Å². The molecule has 3 aromatic rings. The van der Waals surface area contributed by atoms with Crippen molar-refractivity contribution >= 4 is 46.9 Å². The number of carbonyl (C=O) groups excluding carboxylic acids is 2. The Hall–Kier alpha value is -3.35. The van der Waals surface area contributed by atoms with E-state index in [-0.39, 0.29) is 24.7 Å².